The molecule has 1 heterocycles. The smallest absolute Gasteiger partial charge is 0.507 e. The summed E-state index contributed by atoms with van der Waals surface area (Å²) in [6.45, 7) is 30.2. The van der Waals surface area contributed by atoms with Gasteiger partial charge in [0.2, 0.25) is 0 Å². The molecule has 8 N–H and O–H groups in total. The van der Waals surface area contributed by atoms with Crippen molar-refractivity contribution in [1.82, 2.24) is 0 Å². The summed E-state index contributed by atoms with van der Waals surface area (Å²) >= 11 is 0. The minimum absolute atomic E-state index is 0. The Morgan fingerprint density at radius 1 is 0.653 bits per heavy atom. The largest absolute Gasteiger partial charge is 0.508 e. The summed E-state index contributed by atoms with van der Waals surface area (Å²) in [5.41, 5.74) is 5.39. The van der Waals surface area contributed by atoms with E-state index >= 15 is 0 Å². The fraction of sp³-hybridized carbons (Fsp3) is 0.667. The number of carboxylic acids is 1. The zero-order valence-electron chi connectivity index (χ0n) is 46.7. The fourth-order valence-corrected chi connectivity index (χ4v) is 6.12. The number of aliphatic carboxylic acids is 1. The summed E-state index contributed by atoms with van der Waals surface area (Å²) in [4.78, 5) is 57.1. The number of aliphatic imine (C=N–C) groups is 2. The fourth-order valence-electron chi connectivity index (χ4n) is 6.12. The molecule has 75 heavy (non-hydrogen) atoms. The van der Waals surface area contributed by atoms with E-state index in [4.69, 9.17) is 59.7 Å². The number of carbonyl (C=O) groups excluding carboxylic acids is 4. The van der Waals surface area contributed by atoms with Gasteiger partial charge < -0.3 is 64.5 Å². The van der Waals surface area contributed by atoms with E-state index in [0.717, 1.165) is 54.5 Å². The van der Waals surface area contributed by atoms with Crippen LogP contribution >= 0.6 is 0 Å². The zero-order chi connectivity index (χ0) is 57.6. The first kappa shape index (κ1) is 74.3. The van der Waals surface area contributed by atoms with E-state index in [1.165, 1.54) is 25.0 Å². The van der Waals surface area contributed by atoms with E-state index in [-0.39, 0.29) is 96.3 Å². The van der Waals surface area contributed by atoms with Gasteiger partial charge in [0.05, 0.1) is 50.2 Å². The van der Waals surface area contributed by atoms with Crippen molar-refractivity contribution in [3.05, 3.63) is 57.6 Å². The Morgan fingerprint density at radius 3 is 1.16 bits per heavy atom. The second-order valence-corrected chi connectivity index (χ2v) is 21.6. The number of rotatable bonds is 13. The first-order valence-corrected chi connectivity index (χ1v) is 24.5. The maximum Gasteiger partial charge on any atom is 0.508 e. The van der Waals surface area contributed by atoms with E-state index in [0.29, 0.717) is 17.6 Å². The average Bonchev–Trinajstić information content (AvgIpc) is 4.09. The molecule has 1 radical (unpaired) electrons. The van der Waals surface area contributed by atoms with Crippen LogP contribution in [0.25, 0.3) is 0 Å². The topological polar surface area (TPSA) is 321 Å². The van der Waals surface area contributed by atoms with Crippen LogP contribution in [-0.2, 0) is 76.5 Å². The second kappa shape index (κ2) is 36.9. The van der Waals surface area contributed by atoms with Gasteiger partial charge in [0.25, 0.3) is 0 Å². The maximum absolute atomic E-state index is 11.2. The minimum Gasteiger partial charge on any atom is -0.507 e. The standard InChI is InChI=1S/C36H54N2O2.C10H18O8.C3H6O.C2H4O3.C2H6O2.CO2.Co/c1-33(2,3)25-17-23(31(39)27(19-25)35(7,8)9)21-37-29-15-13-14-16-30(29)38-22-24-18-26(34(4,5)6)20-28(32(24)40)36(10,11)12;1-7(11)5-17-9(13)15-3-4-16-10(14)18-6-8(2)12;1-3-2-4-3;3-1-2(4)5;3-1-2-4;2-1-3;/h17-22,29-30,39-40H,13-16H2,1-12H3;7-8,11-12H,3-6H2,1-2H3;3H,2H2,1H3;3H,1H2,(H,4,5);3-4H,1-2H2;;. The molecule has 21 heteroatoms. The number of phenols is 2. The Bertz CT molecular complexity index is 1930. The Morgan fingerprint density at radius 2 is 0.947 bits per heavy atom. The summed E-state index contributed by atoms with van der Waals surface area (Å²) in [5.74, 6) is -0.553. The van der Waals surface area contributed by atoms with E-state index < -0.39 is 37.1 Å². The molecule has 1 aliphatic carbocycles. The molecular formula is C54H88CoN2O18. The molecule has 5 unspecified atom stereocenters. The number of carboxylic acid groups (broad SMARTS) is 1. The van der Waals surface area contributed by atoms with E-state index in [2.05, 4.69) is 133 Å². The Hall–Kier alpha value is -4.96. The van der Waals surface area contributed by atoms with Crippen molar-refractivity contribution in [3.63, 3.8) is 0 Å². The van der Waals surface area contributed by atoms with Crippen molar-refractivity contribution in [2.45, 2.75) is 182 Å². The quantitative estimate of drug-likeness (QED) is 0.0431. The van der Waals surface area contributed by atoms with Crippen LogP contribution in [0.15, 0.2) is 34.3 Å². The van der Waals surface area contributed by atoms with Crippen LogP contribution in [0.3, 0.4) is 0 Å². The number of hydrogen-bond acceptors (Lipinski definition) is 19. The number of nitrogens with zero attached hydrogens (tertiary/aromatic N) is 2. The number of carbonyl (C=O) groups is 3. The van der Waals surface area contributed by atoms with Gasteiger partial charge in [0.1, 0.15) is 44.5 Å². The van der Waals surface area contributed by atoms with Gasteiger partial charge in [-0.2, -0.15) is 9.59 Å². The van der Waals surface area contributed by atoms with Crippen molar-refractivity contribution in [3.8, 4) is 11.5 Å². The summed E-state index contributed by atoms with van der Waals surface area (Å²) in [7, 11) is 0. The van der Waals surface area contributed by atoms with Gasteiger partial charge in [-0.3, -0.25) is 9.98 Å². The van der Waals surface area contributed by atoms with Gasteiger partial charge in [-0.15, -0.1) is 0 Å². The number of aliphatic hydroxyl groups excluding tert-OH is 5. The van der Waals surface area contributed by atoms with Gasteiger partial charge >= 0.3 is 24.4 Å². The van der Waals surface area contributed by atoms with Crippen LogP contribution in [-0.4, -0.2) is 161 Å². The van der Waals surface area contributed by atoms with Crippen LogP contribution < -0.4 is 0 Å². The van der Waals surface area contributed by atoms with Gasteiger partial charge in [-0.1, -0.05) is 108 Å². The predicted molar refractivity (Wildman–Crippen MR) is 280 cm³/mol. The molecule has 1 saturated carbocycles. The molecule has 20 nitrogen and oxygen atoms in total. The molecule has 2 aliphatic rings. The minimum atomic E-state index is -1.19. The summed E-state index contributed by atoms with van der Waals surface area (Å²) < 4.78 is 22.7. The summed E-state index contributed by atoms with van der Waals surface area (Å²) in [5, 5.41) is 70.3. The molecule has 431 valence electrons. The molecule has 1 saturated heterocycles. The molecule has 0 aromatic heterocycles. The van der Waals surface area contributed by atoms with Gasteiger partial charge in [0.15, 0.2) is 0 Å². The Kier molecular flexibility index (Phi) is 36.6. The van der Waals surface area contributed by atoms with Crippen LogP contribution in [0.5, 0.6) is 11.5 Å². The summed E-state index contributed by atoms with van der Waals surface area (Å²) in [6.07, 6.45) is 5.27. The molecule has 0 spiro atoms. The molecule has 0 amide bonds. The SMILES string of the molecule is CC(C)(C)c1cc(C=NC2CCCCC2N=Cc2cc(C(C)(C)C)cc(C(C)(C)C)c2O)c(O)c(C(C)(C)C)c1.CC(O)COC(=O)OCCOC(=O)OCC(C)O.CC1CO1.O=C(O)CO.O=C=O.OCCO.[Co]. The maximum atomic E-state index is 11.2. The Labute approximate surface area is 454 Å². The van der Waals surface area contributed by atoms with Crippen LogP contribution in [0.2, 0.25) is 0 Å². The Balaban J connectivity index is -0.00000121. The molecule has 2 aromatic rings. The summed E-state index contributed by atoms with van der Waals surface area (Å²) in [6, 6.07) is 8.53. The zero-order valence-corrected chi connectivity index (χ0v) is 47.8. The monoisotopic (exact) mass is 1110 g/mol. The third-order valence-corrected chi connectivity index (χ3v) is 10.3. The number of ether oxygens (including phenoxy) is 5. The van der Waals surface area contributed by atoms with Crippen LogP contribution in [0, 0.1) is 0 Å². The van der Waals surface area contributed by atoms with E-state index in [9.17, 15) is 19.8 Å². The number of phenolic OH excluding ortho intramolecular Hbond substituents is 2. The molecule has 1 aliphatic heterocycles. The molecular weight excluding hydrogens is 1020 g/mol. The van der Waals surface area contributed by atoms with Crippen molar-refractivity contribution in [2.24, 2.45) is 9.98 Å². The van der Waals surface area contributed by atoms with Crippen LogP contribution in [0.4, 0.5) is 9.59 Å². The molecule has 0 bridgehead atoms. The number of aromatic hydroxyl groups is 2. The predicted octanol–water partition coefficient (Wildman–Crippen LogP) is 7.04. The second-order valence-electron chi connectivity index (χ2n) is 21.6. The number of benzene rings is 2. The number of epoxide rings is 1. The van der Waals surface area contributed by atoms with Crippen LogP contribution in [0.1, 0.15) is 163 Å². The van der Waals surface area contributed by atoms with E-state index in [1.807, 2.05) is 12.4 Å². The number of aliphatic hydroxyl groups is 5. The molecule has 2 aromatic carbocycles. The molecule has 4 rings (SSSR count). The molecule has 2 fully saturated rings. The van der Waals surface area contributed by atoms with Crippen molar-refractivity contribution in [1.29, 1.82) is 0 Å². The van der Waals surface area contributed by atoms with Crippen molar-refractivity contribution in [2.75, 3.05) is 52.9 Å². The van der Waals surface area contributed by atoms with Gasteiger partial charge in [-0.05, 0) is 78.5 Å². The average molecular weight is 1110 g/mol. The number of hydrogen-bond donors (Lipinski definition) is 8. The first-order valence-electron chi connectivity index (χ1n) is 24.5. The third kappa shape index (κ3) is 34.3. The van der Waals surface area contributed by atoms with Gasteiger partial charge in [-0.25, -0.2) is 14.4 Å². The van der Waals surface area contributed by atoms with Crippen molar-refractivity contribution >= 4 is 36.9 Å². The van der Waals surface area contributed by atoms with Gasteiger partial charge in [0, 0.05) is 51.5 Å². The van der Waals surface area contributed by atoms with Crippen molar-refractivity contribution < 1.29 is 105 Å². The molecule has 5 atom stereocenters. The first-order chi connectivity index (χ1) is 34.1. The normalized spacial score (nSPS) is 16.8. The van der Waals surface area contributed by atoms with E-state index in [1.54, 1.807) is 0 Å². The third-order valence-electron chi connectivity index (χ3n) is 10.3.